The van der Waals surface area contributed by atoms with Crippen molar-refractivity contribution >= 4 is 5.91 Å². The van der Waals surface area contributed by atoms with Gasteiger partial charge in [0.25, 0.3) is 0 Å². The van der Waals surface area contributed by atoms with Gasteiger partial charge in [0.1, 0.15) is 11.6 Å². The van der Waals surface area contributed by atoms with Crippen molar-refractivity contribution in [2.75, 3.05) is 20.2 Å². The molecule has 37 heavy (non-hydrogen) atoms. The second-order valence-corrected chi connectivity index (χ2v) is 10.6. The number of halogens is 1. The van der Waals surface area contributed by atoms with Gasteiger partial charge in [-0.2, -0.15) is 0 Å². The number of nitrogens with zero attached hydrogens (tertiary/aromatic N) is 1. The molecule has 5 rings (SSSR count). The van der Waals surface area contributed by atoms with Crippen molar-refractivity contribution in [3.63, 3.8) is 0 Å². The summed E-state index contributed by atoms with van der Waals surface area (Å²) in [5.41, 5.74) is 2.91. The zero-order valence-electron chi connectivity index (χ0n) is 21.7. The van der Waals surface area contributed by atoms with Crippen LogP contribution in [0.5, 0.6) is 5.75 Å². The molecule has 1 aliphatic heterocycles. The lowest BCUT2D eigenvalue weighted by molar-refractivity contribution is -0.128. The highest BCUT2D eigenvalue weighted by Gasteiger charge is 2.44. The SMILES string of the molecule is COc1cccc(CNC(=O)C2(c3ccccc3)CCC(N3CCC(c4ccc(F)cc4)CC3)CC2)c1. The summed E-state index contributed by atoms with van der Waals surface area (Å²) >= 11 is 0. The molecule has 1 heterocycles. The number of likely N-dealkylation sites (tertiary alicyclic amines) is 1. The topological polar surface area (TPSA) is 41.6 Å². The minimum Gasteiger partial charge on any atom is -0.497 e. The number of amides is 1. The first-order valence-corrected chi connectivity index (χ1v) is 13.5. The van der Waals surface area contributed by atoms with Crippen molar-refractivity contribution in [2.24, 2.45) is 0 Å². The van der Waals surface area contributed by atoms with E-state index in [-0.39, 0.29) is 11.7 Å². The van der Waals surface area contributed by atoms with Crippen molar-refractivity contribution in [3.8, 4) is 5.75 Å². The Morgan fingerprint density at radius 2 is 1.65 bits per heavy atom. The smallest absolute Gasteiger partial charge is 0.230 e. The Morgan fingerprint density at radius 3 is 2.32 bits per heavy atom. The average Bonchev–Trinajstić information content (AvgIpc) is 2.97. The first kappa shape index (κ1) is 25.5. The van der Waals surface area contributed by atoms with Gasteiger partial charge in [-0.15, -0.1) is 0 Å². The minimum atomic E-state index is -0.497. The van der Waals surface area contributed by atoms with Gasteiger partial charge in [0.15, 0.2) is 0 Å². The number of hydrogen-bond donors (Lipinski definition) is 1. The van der Waals surface area contributed by atoms with Crippen molar-refractivity contribution < 1.29 is 13.9 Å². The minimum absolute atomic E-state index is 0.120. The molecule has 0 radical (unpaired) electrons. The maximum absolute atomic E-state index is 13.8. The fraction of sp³-hybridized carbons (Fsp3) is 0.406. The fourth-order valence-electron chi connectivity index (χ4n) is 6.33. The number of carbonyl (C=O) groups is 1. The molecule has 1 saturated heterocycles. The predicted molar refractivity (Wildman–Crippen MR) is 145 cm³/mol. The van der Waals surface area contributed by atoms with E-state index < -0.39 is 5.41 Å². The number of carbonyl (C=O) groups excluding carboxylic acids is 1. The first-order valence-electron chi connectivity index (χ1n) is 13.5. The predicted octanol–water partition coefficient (Wildman–Crippen LogP) is 6.21. The standard InChI is InChI=1S/C32H37FN2O2/c1-37-30-9-5-6-24(22-30)23-34-31(36)32(27-7-3-2-4-8-27)18-14-29(15-19-32)35-20-16-26(17-21-35)25-10-12-28(33)13-11-25/h2-13,22,26,29H,14-21,23H2,1H3,(H,34,36). The molecule has 0 unspecified atom stereocenters. The Labute approximate surface area is 219 Å². The van der Waals surface area contributed by atoms with E-state index in [2.05, 4.69) is 22.3 Å². The number of rotatable bonds is 7. The van der Waals surface area contributed by atoms with E-state index in [0.29, 0.717) is 18.5 Å². The van der Waals surface area contributed by atoms with Gasteiger partial charge >= 0.3 is 0 Å². The lowest BCUT2D eigenvalue weighted by atomic mass is 9.67. The molecule has 3 aromatic carbocycles. The third kappa shape index (κ3) is 5.72. The molecule has 3 aromatic rings. The zero-order chi connectivity index (χ0) is 25.7. The molecular weight excluding hydrogens is 463 g/mol. The number of benzene rings is 3. The quantitative estimate of drug-likeness (QED) is 0.419. The molecule has 0 spiro atoms. The Balaban J connectivity index is 1.23. The van der Waals surface area contributed by atoms with Crippen LogP contribution in [0.15, 0.2) is 78.9 Å². The van der Waals surface area contributed by atoms with Gasteiger partial charge in [-0.3, -0.25) is 4.79 Å². The summed E-state index contributed by atoms with van der Waals surface area (Å²) in [6, 6.07) is 25.7. The fourth-order valence-corrected chi connectivity index (χ4v) is 6.33. The van der Waals surface area contributed by atoms with Crippen LogP contribution >= 0.6 is 0 Å². The van der Waals surface area contributed by atoms with E-state index in [1.54, 1.807) is 19.2 Å². The third-order valence-corrected chi connectivity index (χ3v) is 8.54. The molecule has 1 amide bonds. The lowest BCUT2D eigenvalue weighted by Crippen LogP contribution is -2.51. The molecule has 1 aliphatic carbocycles. The Kier molecular flexibility index (Phi) is 7.90. The molecule has 0 atom stereocenters. The Bertz CT molecular complexity index is 1160. The lowest BCUT2D eigenvalue weighted by Gasteiger charge is -2.45. The number of piperidine rings is 1. The highest BCUT2D eigenvalue weighted by molar-refractivity contribution is 5.88. The summed E-state index contributed by atoms with van der Waals surface area (Å²) in [6.45, 7) is 2.62. The van der Waals surface area contributed by atoms with E-state index in [0.717, 1.165) is 68.5 Å². The molecule has 0 bridgehead atoms. The maximum Gasteiger partial charge on any atom is 0.230 e. The molecule has 2 fully saturated rings. The van der Waals surface area contributed by atoms with E-state index in [1.807, 2.05) is 54.6 Å². The summed E-state index contributed by atoms with van der Waals surface area (Å²) in [6.07, 6.45) is 5.94. The summed E-state index contributed by atoms with van der Waals surface area (Å²) in [5, 5.41) is 3.25. The van der Waals surface area contributed by atoms with E-state index in [4.69, 9.17) is 4.74 Å². The van der Waals surface area contributed by atoms with E-state index in [1.165, 1.54) is 5.56 Å². The monoisotopic (exact) mass is 500 g/mol. The van der Waals surface area contributed by atoms with Gasteiger partial charge in [0, 0.05) is 12.6 Å². The van der Waals surface area contributed by atoms with E-state index in [9.17, 15) is 9.18 Å². The number of hydrogen-bond acceptors (Lipinski definition) is 3. The van der Waals surface area contributed by atoms with Crippen molar-refractivity contribution in [2.45, 2.75) is 62.4 Å². The summed E-state index contributed by atoms with van der Waals surface area (Å²) in [4.78, 5) is 16.4. The highest BCUT2D eigenvalue weighted by atomic mass is 19.1. The van der Waals surface area contributed by atoms with Crippen LogP contribution in [0, 0.1) is 5.82 Å². The molecule has 4 nitrogen and oxygen atoms in total. The van der Waals surface area contributed by atoms with Crippen molar-refractivity contribution in [1.82, 2.24) is 10.2 Å². The van der Waals surface area contributed by atoms with Gasteiger partial charge in [0.05, 0.1) is 12.5 Å². The van der Waals surface area contributed by atoms with Crippen molar-refractivity contribution in [3.05, 3.63) is 101 Å². The Morgan fingerprint density at radius 1 is 0.946 bits per heavy atom. The molecular formula is C32H37FN2O2. The van der Waals surface area contributed by atoms with Crippen LogP contribution in [-0.4, -0.2) is 37.0 Å². The van der Waals surface area contributed by atoms with Crippen LogP contribution < -0.4 is 10.1 Å². The number of methoxy groups -OCH3 is 1. The van der Waals surface area contributed by atoms with Gasteiger partial charge in [-0.1, -0.05) is 54.6 Å². The molecule has 1 saturated carbocycles. The Hall–Kier alpha value is -3.18. The van der Waals surface area contributed by atoms with Crippen LogP contribution in [0.1, 0.15) is 61.1 Å². The summed E-state index contributed by atoms with van der Waals surface area (Å²) in [7, 11) is 1.66. The molecule has 1 N–H and O–H groups in total. The van der Waals surface area contributed by atoms with Gasteiger partial charge < -0.3 is 15.0 Å². The molecule has 0 aromatic heterocycles. The normalized spacial score (nSPS) is 22.9. The third-order valence-electron chi connectivity index (χ3n) is 8.54. The highest BCUT2D eigenvalue weighted by Crippen LogP contribution is 2.42. The van der Waals surface area contributed by atoms with Crippen LogP contribution in [0.3, 0.4) is 0 Å². The van der Waals surface area contributed by atoms with Crippen LogP contribution in [0.2, 0.25) is 0 Å². The molecule has 2 aliphatic rings. The molecule has 194 valence electrons. The summed E-state index contributed by atoms with van der Waals surface area (Å²) < 4.78 is 18.7. The first-order chi connectivity index (χ1) is 18.1. The summed E-state index contributed by atoms with van der Waals surface area (Å²) in [5.74, 6) is 1.26. The van der Waals surface area contributed by atoms with E-state index >= 15 is 0 Å². The van der Waals surface area contributed by atoms with Gasteiger partial charge in [0.2, 0.25) is 5.91 Å². The van der Waals surface area contributed by atoms with Crippen LogP contribution in [-0.2, 0) is 16.8 Å². The maximum atomic E-state index is 13.8. The van der Waals surface area contributed by atoms with Gasteiger partial charge in [-0.25, -0.2) is 4.39 Å². The average molecular weight is 501 g/mol. The van der Waals surface area contributed by atoms with Crippen LogP contribution in [0.25, 0.3) is 0 Å². The van der Waals surface area contributed by atoms with Crippen LogP contribution in [0.4, 0.5) is 4.39 Å². The van der Waals surface area contributed by atoms with Crippen molar-refractivity contribution in [1.29, 1.82) is 0 Å². The number of ether oxygens (including phenoxy) is 1. The largest absolute Gasteiger partial charge is 0.497 e. The zero-order valence-corrected chi connectivity index (χ0v) is 21.7. The second kappa shape index (κ2) is 11.5. The number of nitrogens with one attached hydrogen (secondary N) is 1. The second-order valence-electron chi connectivity index (χ2n) is 10.6. The molecule has 5 heteroatoms. The van der Waals surface area contributed by atoms with Gasteiger partial charge in [-0.05, 0) is 98.5 Å².